The minimum Gasteiger partial charge on any atom is -0.316 e. The fourth-order valence-corrected chi connectivity index (χ4v) is 1.28. The molecule has 0 saturated carbocycles. The summed E-state index contributed by atoms with van der Waals surface area (Å²) < 4.78 is 0. The average Bonchev–Trinajstić information content (AvgIpc) is 2.15. The monoisotopic (exact) mass is 228 g/mol. The minimum absolute atomic E-state index is 0. The molecule has 0 N–H and O–H groups in total. The summed E-state index contributed by atoms with van der Waals surface area (Å²) in [7, 11) is 0. The van der Waals surface area contributed by atoms with Gasteiger partial charge in [-0.25, -0.2) is 0 Å². The van der Waals surface area contributed by atoms with E-state index in [0.29, 0.717) is 0 Å². The fraction of sp³-hybridized carbons (Fsp3) is 0.143. The van der Waals surface area contributed by atoms with E-state index in [9.17, 15) is 4.79 Å². The number of carbonyl (C=O) groups is 1. The van der Waals surface area contributed by atoms with Crippen LogP contribution >= 0.6 is 11.3 Å². The van der Waals surface area contributed by atoms with E-state index in [0.717, 1.165) is 4.88 Å². The summed E-state index contributed by atoms with van der Waals surface area (Å²) in [5.41, 5.74) is 0. The SMILES string of the molecule is CC(=O)[CH-]c1cccs1.[Y]. The quantitative estimate of drug-likeness (QED) is 0.706. The molecule has 1 radical (unpaired) electrons. The Morgan fingerprint density at radius 2 is 2.40 bits per heavy atom. The summed E-state index contributed by atoms with van der Waals surface area (Å²) in [6.07, 6.45) is 1.63. The maximum Gasteiger partial charge on any atom is 0.0745 e. The number of rotatable bonds is 2. The molecule has 1 nitrogen and oxygen atoms in total. The number of carbonyl (C=O) groups excluding carboxylic acids is 1. The molecule has 3 heteroatoms. The minimum atomic E-state index is 0. The number of hydrogen-bond acceptors (Lipinski definition) is 2. The summed E-state index contributed by atoms with van der Waals surface area (Å²) in [5, 5.41) is 1.95. The first-order chi connectivity index (χ1) is 4.29. The van der Waals surface area contributed by atoms with Gasteiger partial charge in [0.1, 0.15) is 0 Å². The van der Waals surface area contributed by atoms with Gasteiger partial charge in [-0.05, 0) is 12.3 Å². The van der Waals surface area contributed by atoms with Crippen molar-refractivity contribution in [2.24, 2.45) is 0 Å². The van der Waals surface area contributed by atoms with Gasteiger partial charge < -0.3 is 4.79 Å². The zero-order valence-electron chi connectivity index (χ0n) is 5.70. The molecular weight excluding hydrogens is 221 g/mol. The zero-order chi connectivity index (χ0) is 6.69. The van der Waals surface area contributed by atoms with Crippen LogP contribution in [0.5, 0.6) is 0 Å². The summed E-state index contributed by atoms with van der Waals surface area (Å²) in [5.74, 6) is 0.109. The van der Waals surface area contributed by atoms with Gasteiger partial charge in [0.2, 0.25) is 0 Å². The third-order valence-electron chi connectivity index (χ3n) is 0.889. The van der Waals surface area contributed by atoms with Crippen molar-refractivity contribution in [3.63, 3.8) is 0 Å². The molecule has 0 atom stereocenters. The van der Waals surface area contributed by atoms with Crippen LogP contribution in [-0.2, 0) is 37.5 Å². The normalized spacial score (nSPS) is 8.10. The van der Waals surface area contributed by atoms with Gasteiger partial charge in [-0.2, -0.15) is 23.8 Å². The van der Waals surface area contributed by atoms with Crippen molar-refractivity contribution >= 4 is 17.1 Å². The van der Waals surface area contributed by atoms with Gasteiger partial charge in [0.05, 0.1) is 5.78 Å². The Morgan fingerprint density at radius 3 is 2.80 bits per heavy atom. The number of Topliss-reactive ketones (excluding diaryl/α,β-unsaturated/α-hetero) is 1. The molecule has 0 amide bonds. The second-order valence-electron chi connectivity index (χ2n) is 1.77. The van der Waals surface area contributed by atoms with Gasteiger partial charge in [0.15, 0.2) is 0 Å². The van der Waals surface area contributed by atoms with Crippen molar-refractivity contribution in [3.8, 4) is 0 Å². The fourth-order valence-electron chi connectivity index (χ4n) is 0.574. The van der Waals surface area contributed by atoms with Gasteiger partial charge in [0, 0.05) is 32.7 Å². The molecule has 1 aromatic heterocycles. The van der Waals surface area contributed by atoms with Gasteiger partial charge in [-0.1, -0.05) is 0 Å². The average molecular weight is 228 g/mol. The smallest absolute Gasteiger partial charge is 0.0745 e. The maximum atomic E-state index is 10.5. The van der Waals surface area contributed by atoms with Crippen molar-refractivity contribution in [3.05, 3.63) is 28.8 Å². The molecule has 0 aliphatic rings. The Labute approximate surface area is 89.7 Å². The molecule has 1 heterocycles. The molecule has 0 saturated heterocycles. The van der Waals surface area contributed by atoms with Crippen LogP contribution in [-0.4, -0.2) is 5.78 Å². The van der Waals surface area contributed by atoms with E-state index in [-0.39, 0.29) is 38.5 Å². The van der Waals surface area contributed by atoms with Crippen LogP contribution in [0.25, 0.3) is 0 Å². The molecule has 0 aliphatic heterocycles. The Bertz CT molecular complexity index is 193. The molecule has 1 rings (SSSR count). The second-order valence-corrected chi connectivity index (χ2v) is 2.75. The van der Waals surface area contributed by atoms with E-state index >= 15 is 0 Å². The van der Waals surface area contributed by atoms with Crippen molar-refractivity contribution in [2.75, 3.05) is 0 Å². The van der Waals surface area contributed by atoms with Crippen LogP contribution in [0, 0.1) is 6.42 Å². The Balaban J connectivity index is 0.000000810. The number of hydrogen-bond donors (Lipinski definition) is 0. The van der Waals surface area contributed by atoms with Gasteiger partial charge >= 0.3 is 0 Å². The van der Waals surface area contributed by atoms with Crippen molar-refractivity contribution in [1.29, 1.82) is 0 Å². The second kappa shape index (κ2) is 5.06. The van der Waals surface area contributed by atoms with Crippen molar-refractivity contribution in [1.82, 2.24) is 0 Å². The van der Waals surface area contributed by atoms with E-state index in [4.69, 9.17) is 0 Å². The van der Waals surface area contributed by atoms with Crippen LogP contribution in [0.3, 0.4) is 0 Å². The van der Waals surface area contributed by atoms with Gasteiger partial charge in [-0.3, -0.25) is 0 Å². The molecule has 1 aromatic rings. The summed E-state index contributed by atoms with van der Waals surface area (Å²) in [6, 6.07) is 3.85. The van der Waals surface area contributed by atoms with Crippen molar-refractivity contribution in [2.45, 2.75) is 6.92 Å². The molecular formula is C7H7OSY-. The van der Waals surface area contributed by atoms with E-state index in [1.54, 1.807) is 24.7 Å². The predicted molar refractivity (Wildman–Crippen MR) is 38.4 cm³/mol. The van der Waals surface area contributed by atoms with Crippen LogP contribution < -0.4 is 0 Å². The largest absolute Gasteiger partial charge is 0.316 e. The molecule has 0 aromatic carbocycles. The first kappa shape index (κ1) is 10.3. The first-order valence-electron chi connectivity index (χ1n) is 2.68. The van der Waals surface area contributed by atoms with Gasteiger partial charge in [0.25, 0.3) is 0 Å². The Hall–Kier alpha value is 0.344. The van der Waals surface area contributed by atoms with E-state index in [2.05, 4.69) is 0 Å². The Kier molecular flexibility index (Phi) is 5.23. The standard InChI is InChI=1S/C7H7OS.Y/c1-6(8)5-7-3-2-4-9-7;/h2-5H,1H3;/q-1;. The number of ketones is 1. The topological polar surface area (TPSA) is 17.1 Å². The summed E-state index contributed by atoms with van der Waals surface area (Å²) in [6.45, 7) is 1.56. The van der Waals surface area contributed by atoms with Crippen LogP contribution in [0.2, 0.25) is 0 Å². The van der Waals surface area contributed by atoms with Crippen LogP contribution in [0.15, 0.2) is 17.5 Å². The van der Waals surface area contributed by atoms with E-state index < -0.39 is 0 Å². The summed E-state index contributed by atoms with van der Waals surface area (Å²) in [4.78, 5) is 11.5. The van der Waals surface area contributed by atoms with Crippen LogP contribution in [0.4, 0.5) is 0 Å². The third-order valence-corrected chi connectivity index (χ3v) is 1.71. The molecule has 0 aliphatic carbocycles. The van der Waals surface area contributed by atoms with Gasteiger partial charge in [-0.15, -0.1) is 10.9 Å². The molecule has 51 valence electrons. The summed E-state index contributed by atoms with van der Waals surface area (Å²) >= 11 is 1.57. The first-order valence-corrected chi connectivity index (χ1v) is 3.56. The third kappa shape index (κ3) is 3.50. The van der Waals surface area contributed by atoms with Crippen LogP contribution in [0.1, 0.15) is 11.8 Å². The Morgan fingerprint density at radius 1 is 1.70 bits per heavy atom. The molecule has 0 unspecified atom stereocenters. The molecule has 10 heavy (non-hydrogen) atoms. The van der Waals surface area contributed by atoms with E-state index in [1.807, 2.05) is 17.5 Å². The maximum absolute atomic E-state index is 10.5. The molecule has 0 fully saturated rings. The van der Waals surface area contributed by atoms with Crippen molar-refractivity contribution < 1.29 is 37.5 Å². The number of thiophene rings is 1. The molecule has 0 spiro atoms. The molecule has 0 bridgehead atoms. The predicted octanol–water partition coefficient (Wildman–Crippen LogP) is 1.89. The zero-order valence-corrected chi connectivity index (χ0v) is 9.36. The van der Waals surface area contributed by atoms with E-state index in [1.165, 1.54) is 0 Å².